The van der Waals surface area contributed by atoms with E-state index in [1.165, 1.54) is 60.2 Å². The van der Waals surface area contributed by atoms with E-state index in [1.54, 1.807) is 19.9 Å². The fraction of sp³-hybridized carbons (Fsp3) is 0.186. The predicted octanol–water partition coefficient (Wildman–Crippen LogP) is 13.5. The van der Waals surface area contributed by atoms with Crippen molar-refractivity contribution >= 4 is 85.9 Å². The summed E-state index contributed by atoms with van der Waals surface area (Å²) in [5, 5.41) is 8.77. The van der Waals surface area contributed by atoms with Crippen LogP contribution in [0.25, 0.3) is 55.3 Å². The summed E-state index contributed by atoms with van der Waals surface area (Å²) in [6.07, 6.45) is 12.3. The Bertz CT molecular complexity index is 2410. The average Bonchev–Trinajstić information content (AvgIpc) is 3.55. The van der Waals surface area contributed by atoms with Crippen LogP contribution in [0.3, 0.4) is 0 Å². The number of benzene rings is 5. The van der Waals surface area contributed by atoms with Crippen molar-refractivity contribution in [3.63, 3.8) is 0 Å². The highest BCUT2D eigenvalue weighted by molar-refractivity contribution is 8.68. The lowest BCUT2D eigenvalue weighted by atomic mass is 9.87. The van der Waals surface area contributed by atoms with E-state index >= 15 is 0 Å². The molecule has 7 rings (SSSR count). The van der Waals surface area contributed by atoms with Crippen molar-refractivity contribution in [2.45, 2.75) is 4.90 Å². The summed E-state index contributed by atoms with van der Waals surface area (Å²) in [5.74, 6) is 0. The fourth-order valence-electron chi connectivity index (χ4n) is 8.53. The second-order valence-corrected chi connectivity index (χ2v) is 28.6. The summed E-state index contributed by atoms with van der Waals surface area (Å²) in [5.41, 5.74) is 10.8. The van der Waals surface area contributed by atoms with Gasteiger partial charge in [-0.3, -0.25) is 0 Å². The molecule has 5 aromatic rings. The van der Waals surface area contributed by atoms with E-state index in [0.29, 0.717) is 0 Å². The van der Waals surface area contributed by atoms with Crippen molar-refractivity contribution in [1.82, 2.24) is 0 Å². The number of fused-ring (bicyclic) bond motifs is 3. The van der Waals surface area contributed by atoms with Crippen LogP contribution in [0.4, 0.5) is 0 Å². The quantitative estimate of drug-likeness (QED) is 0.118. The summed E-state index contributed by atoms with van der Waals surface area (Å²) in [7, 11) is -3.59. The van der Waals surface area contributed by atoms with Crippen molar-refractivity contribution in [1.29, 1.82) is 0 Å². The molecular formula is C43H46P5S+3. The molecule has 0 radical (unpaired) electrons. The minimum absolute atomic E-state index is 0.354. The molecule has 0 bridgehead atoms. The maximum atomic E-state index is 5.00. The molecule has 1 unspecified atom stereocenters. The van der Waals surface area contributed by atoms with E-state index in [-0.39, 0.29) is 15.5 Å². The zero-order chi connectivity index (χ0) is 34.9. The molecule has 5 aromatic carbocycles. The third-order valence-corrected chi connectivity index (χ3v) is 26.9. The van der Waals surface area contributed by atoms with E-state index in [4.69, 9.17) is 6.30 Å². The van der Waals surface area contributed by atoms with Crippen molar-refractivity contribution in [3.8, 4) is 44.5 Å². The highest BCUT2D eigenvalue weighted by atomic mass is 32.3. The van der Waals surface area contributed by atoms with Gasteiger partial charge < -0.3 is 0 Å². The molecule has 0 nitrogen and oxygen atoms in total. The second kappa shape index (κ2) is 12.9. The highest BCUT2D eigenvalue weighted by Crippen LogP contribution is 2.85. The first-order valence-corrected chi connectivity index (χ1v) is 28.9. The van der Waals surface area contributed by atoms with Crippen LogP contribution in [-0.2, 0) is 0 Å². The van der Waals surface area contributed by atoms with Gasteiger partial charge in [-0.2, -0.15) is 0 Å². The average molecular weight is 750 g/mol. The predicted molar refractivity (Wildman–Crippen MR) is 244 cm³/mol. The number of allylic oxidation sites excluding steroid dienone is 1. The van der Waals surface area contributed by atoms with Gasteiger partial charge in [0, 0.05) is 10.5 Å². The van der Waals surface area contributed by atoms with Gasteiger partial charge in [0.15, 0.2) is 4.65 Å². The molecule has 0 amide bonds. The zero-order valence-corrected chi connectivity index (χ0v) is 35.2. The third-order valence-electron chi connectivity index (χ3n) is 10.1. The Hall–Kier alpha value is -2.57. The summed E-state index contributed by atoms with van der Waals surface area (Å²) < 4.78 is 3.41. The first-order chi connectivity index (χ1) is 23.4. The lowest BCUT2D eigenvalue weighted by Crippen LogP contribution is -2.22. The first kappa shape index (κ1) is 34.9. The molecule has 246 valence electrons. The van der Waals surface area contributed by atoms with Crippen LogP contribution in [0.15, 0.2) is 118 Å². The molecule has 0 N–H and O–H groups in total. The van der Waals surface area contributed by atoms with Gasteiger partial charge in [0.25, 0.3) is 0 Å². The molecular weight excluding hydrogens is 703 g/mol. The zero-order valence-electron chi connectivity index (χ0n) is 30.0. The van der Waals surface area contributed by atoms with Gasteiger partial charge in [0.05, 0.1) is 38.3 Å². The van der Waals surface area contributed by atoms with Gasteiger partial charge in [0.1, 0.15) is 29.3 Å². The van der Waals surface area contributed by atoms with Gasteiger partial charge in [0.2, 0.25) is 9.92 Å². The summed E-state index contributed by atoms with van der Waals surface area (Å²) in [6, 6.07) is 39.0. The highest BCUT2D eigenvalue weighted by Gasteiger charge is 2.62. The van der Waals surface area contributed by atoms with E-state index in [1.807, 2.05) is 0 Å². The van der Waals surface area contributed by atoms with Crippen LogP contribution < -0.4 is 0 Å². The molecule has 0 saturated heterocycles. The molecule has 0 fully saturated rings. The molecule has 1 atom stereocenters. The Kier molecular flexibility index (Phi) is 9.17. The maximum absolute atomic E-state index is 5.00. The van der Waals surface area contributed by atoms with Crippen LogP contribution in [0.2, 0.25) is 0 Å². The second-order valence-electron chi connectivity index (χ2n) is 14.0. The van der Waals surface area contributed by atoms with Gasteiger partial charge >= 0.3 is 0 Å². The van der Waals surface area contributed by atoms with Crippen LogP contribution in [-0.4, -0.2) is 80.5 Å². The molecule has 0 aromatic heterocycles. The van der Waals surface area contributed by atoms with Crippen LogP contribution in [0, 0.1) is 0 Å². The summed E-state index contributed by atoms with van der Waals surface area (Å²) >= 11 is 0. The van der Waals surface area contributed by atoms with Crippen molar-refractivity contribution in [3.05, 3.63) is 113 Å². The minimum atomic E-state index is -2.83. The minimum Gasteiger partial charge on any atom is -0.0960 e. The van der Waals surface area contributed by atoms with Crippen molar-refractivity contribution < 1.29 is 0 Å². The molecule has 49 heavy (non-hydrogen) atoms. The molecule has 1 heterocycles. The molecule has 0 spiro atoms. The van der Waals surface area contributed by atoms with E-state index < -0.39 is 23.8 Å². The fourth-order valence-corrected chi connectivity index (χ4v) is 32.6. The molecule has 1 aliphatic carbocycles. The van der Waals surface area contributed by atoms with E-state index in [2.05, 4.69) is 167 Å². The Morgan fingerprint density at radius 2 is 1.24 bits per heavy atom. The Labute approximate surface area is 299 Å². The molecule has 2 aliphatic rings. The van der Waals surface area contributed by atoms with Crippen LogP contribution in [0.1, 0.15) is 0 Å². The van der Waals surface area contributed by atoms with Gasteiger partial charge in [-0.1, -0.05) is 128 Å². The van der Waals surface area contributed by atoms with Gasteiger partial charge in [-0.05, 0) is 80.5 Å². The van der Waals surface area contributed by atoms with Gasteiger partial charge in [-0.15, -0.1) is 0 Å². The lowest BCUT2D eigenvalue weighted by molar-refractivity contribution is 1.43. The Morgan fingerprint density at radius 3 is 1.76 bits per heavy atom. The third kappa shape index (κ3) is 5.04. The smallest absolute Gasteiger partial charge is 0.0960 e. The van der Waals surface area contributed by atoms with Crippen LogP contribution >= 0.6 is 47.5 Å². The number of hydrogen-bond donors (Lipinski definition) is 0. The van der Waals surface area contributed by atoms with Crippen molar-refractivity contribution in [2.75, 3.05) is 52.9 Å². The molecule has 1 aliphatic heterocycles. The normalized spacial score (nSPS) is 16.9. The topological polar surface area (TPSA) is 0 Å². The summed E-state index contributed by atoms with van der Waals surface area (Å²) in [6.45, 7) is 17.5. The standard InChI is InChI=1S/C43H46P5S/c1-44-28-49(10,42(47(6)7)40(45(2)3)41(46(4)5)43(49)48(8)9)35-27-34(29-19-13-11-14-20-29)38-32-25-17-23-30-24-18-26-33(36(30)32)39(38)37(35)31-21-15-12-16-22-31/h11-28H,1,6H2,2-5,7-10H3/q+3. The Balaban J connectivity index is 1.86. The number of rotatable bonds is 6. The first-order valence-electron chi connectivity index (χ1n) is 16.6. The van der Waals surface area contributed by atoms with E-state index in [9.17, 15) is 0 Å². The molecule has 0 saturated carbocycles. The van der Waals surface area contributed by atoms with Crippen molar-refractivity contribution in [2.24, 2.45) is 0 Å². The summed E-state index contributed by atoms with van der Waals surface area (Å²) in [4.78, 5) is 1.50. The SMILES string of the molecule is C=PC=S1(C)(c2cc(-c3ccccc3)c3c(c2-c2ccccc2)-c2cccc4cccc-3c24)C([P+](=C)C)=C(P(C)C)C(=[P+](C)C)C1=[P+](C)C. The van der Waals surface area contributed by atoms with E-state index in [0.717, 1.165) is 8.20 Å². The number of hydrogen-bond acceptors (Lipinski definition) is 0. The lowest BCUT2D eigenvalue weighted by Gasteiger charge is -2.42. The maximum Gasteiger partial charge on any atom is 0.216 e. The Morgan fingerprint density at radius 1 is 0.673 bits per heavy atom. The van der Waals surface area contributed by atoms with Gasteiger partial charge in [-0.25, -0.2) is 0 Å². The monoisotopic (exact) mass is 749 g/mol. The largest absolute Gasteiger partial charge is 0.216 e. The van der Waals surface area contributed by atoms with Crippen LogP contribution in [0.5, 0.6) is 0 Å². The molecule has 6 heteroatoms.